The van der Waals surface area contributed by atoms with Gasteiger partial charge in [0, 0.05) is 7.11 Å². The summed E-state index contributed by atoms with van der Waals surface area (Å²) in [5.41, 5.74) is -0.877. The molecule has 1 rings (SSSR count). The van der Waals surface area contributed by atoms with Crippen LogP contribution in [0, 0.1) is 5.82 Å². The number of anilines is 1. The highest BCUT2D eigenvalue weighted by molar-refractivity contribution is 5.84. The molecular weight excluding hydrogens is 237 g/mol. The fourth-order valence-electron chi connectivity index (χ4n) is 1.58. The second-order valence-corrected chi connectivity index (χ2v) is 4.09. The normalized spacial score (nSPS) is 13.8. The molecule has 0 heterocycles. The number of carbonyl (C=O) groups excluding carboxylic acids is 1. The lowest BCUT2D eigenvalue weighted by Gasteiger charge is -2.28. The van der Waals surface area contributed by atoms with Crippen LogP contribution in [0.5, 0.6) is 0 Å². The highest BCUT2D eigenvalue weighted by atomic mass is 19.1. The van der Waals surface area contributed by atoms with Gasteiger partial charge in [0.15, 0.2) is 5.54 Å². The van der Waals surface area contributed by atoms with Gasteiger partial charge in [-0.1, -0.05) is 12.1 Å². The van der Waals surface area contributed by atoms with Crippen LogP contribution in [0.3, 0.4) is 0 Å². The lowest BCUT2D eigenvalue weighted by Crippen LogP contribution is -2.48. The van der Waals surface area contributed by atoms with Crippen molar-refractivity contribution in [3.63, 3.8) is 0 Å². The average molecular weight is 255 g/mol. The number of para-hydroxylation sites is 1. The Labute approximate surface area is 106 Å². The first kappa shape index (κ1) is 14.4. The molecule has 1 N–H and O–H groups in total. The topological polar surface area (TPSA) is 47.6 Å². The molecule has 1 unspecified atom stereocenters. The molecule has 0 saturated heterocycles. The van der Waals surface area contributed by atoms with Gasteiger partial charge in [0.25, 0.3) is 0 Å². The Morgan fingerprint density at radius 1 is 1.44 bits per heavy atom. The number of benzene rings is 1. The summed E-state index contributed by atoms with van der Waals surface area (Å²) in [6, 6.07) is 6.14. The van der Waals surface area contributed by atoms with Crippen molar-refractivity contribution in [2.75, 3.05) is 25.6 Å². The minimum atomic E-state index is -1.12. The number of carbonyl (C=O) groups is 1. The number of methoxy groups -OCH3 is 1. The van der Waals surface area contributed by atoms with Gasteiger partial charge in [-0.25, -0.2) is 9.18 Å². The Hall–Kier alpha value is -1.62. The van der Waals surface area contributed by atoms with Gasteiger partial charge >= 0.3 is 5.97 Å². The van der Waals surface area contributed by atoms with Gasteiger partial charge in [-0.15, -0.1) is 0 Å². The highest BCUT2D eigenvalue weighted by Crippen LogP contribution is 2.20. The Morgan fingerprint density at radius 2 is 2.11 bits per heavy atom. The number of ether oxygens (including phenoxy) is 2. The van der Waals surface area contributed by atoms with E-state index < -0.39 is 17.3 Å². The molecule has 0 aliphatic carbocycles. The van der Waals surface area contributed by atoms with Crippen molar-refractivity contribution in [3.8, 4) is 0 Å². The van der Waals surface area contributed by atoms with E-state index in [1.807, 2.05) is 0 Å². The van der Waals surface area contributed by atoms with E-state index in [1.54, 1.807) is 32.0 Å². The molecule has 0 saturated carbocycles. The monoisotopic (exact) mass is 255 g/mol. The summed E-state index contributed by atoms with van der Waals surface area (Å²) in [6.45, 7) is 3.67. The molecule has 5 heteroatoms. The van der Waals surface area contributed by atoms with E-state index in [0.717, 1.165) is 0 Å². The molecule has 0 fully saturated rings. The number of halogens is 1. The maximum Gasteiger partial charge on any atom is 0.333 e. The van der Waals surface area contributed by atoms with Crippen LogP contribution in [-0.4, -0.2) is 31.8 Å². The maximum absolute atomic E-state index is 13.6. The molecule has 0 aliphatic rings. The molecule has 1 aromatic carbocycles. The third kappa shape index (κ3) is 3.43. The van der Waals surface area contributed by atoms with E-state index in [0.29, 0.717) is 0 Å². The summed E-state index contributed by atoms with van der Waals surface area (Å²) in [7, 11) is 1.47. The van der Waals surface area contributed by atoms with Crippen LogP contribution in [0.1, 0.15) is 13.8 Å². The van der Waals surface area contributed by atoms with E-state index in [9.17, 15) is 9.18 Å². The first-order valence-corrected chi connectivity index (χ1v) is 5.72. The van der Waals surface area contributed by atoms with E-state index in [4.69, 9.17) is 9.47 Å². The second kappa shape index (κ2) is 6.35. The molecule has 0 aromatic heterocycles. The van der Waals surface area contributed by atoms with Crippen LogP contribution < -0.4 is 5.32 Å². The Bertz CT molecular complexity index is 411. The molecule has 0 radical (unpaired) electrons. The molecule has 1 aromatic rings. The predicted molar refractivity (Wildman–Crippen MR) is 66.9 cm³/mol. The van der Waals surface area contributed by atoms with Crippen LogP contribution >= 0.6 is 0 Å². The molecule has 0 spiro atoms. The number of esters is 1. The molecule has 4 nitrogen and oxygen atoms in total. The molecule has 18 heavy (non-hydrogen) atoms. The van der Waals surface area contributed by atoms with Crippen LogP contribution in [0.2, 0.25) is 0 Å². The van der Waals surface area contributed by atoms with Crippen molar-refractivity contribution in [1.82, 2.24) is 0 Å². The smallest absolute Gasteiger partial charge is 0.333 e. The van der Waals surface area contributed by atoms with Gasteiger partial charge in [0.05, 0.1) is 18.9 Å². The average Bonchev–Trinajstić information content (AvgIpc) is 2.33. The van der Waals surface area contributed by atoms with Crippen LogP contribution in [-0.2, 0) is 14.3 Å². The van der Waals surface area contributed by atoms with E-state index in [2.05, 4.69) is 5.32 Å². The lowest BCUT2D eigenvalue weighted by molar-refractivity contribution is -0.149. The molecule has 0 aliphatic heterocycles. The fourth-order valence-corrected chi connectivity index (χ4v) is 1.58. The van der Waals surface area contributed by atoms with Crippen molar-refractivity contribution in [3.05, 3.63) is 30.1 Å². The van der Waals surface area contributed by atoms with E-state index in [-0.39, 0.29) is 18.9 Å². The van der Waals surface area contributed by atoms with Gasteiger partial charge in [0.1, 0.15) is 5.82 Å². The summed E-state index contributed by atoms with van der Waals surface area (Å²) in [5, 5.41) is 2.83. The molecule has 0 bridgehead atoms. The predicted octanol–water partition coefficient (Wildman–Crippen LogP) is 2.21. The quantitative estimate of drug-likeness (QED) is 0.792. The van der Waals surface area contributed by atoms with Gasteiger partial charge in [-0.2, -0.15) is 0 Å². The van der Waals surface area contributed by atoms with Crippen molar-refractivity contribution in [2.24, 2.45) is 0 Å². The van der Waals surface area contributed by atoms with Gasteiger partial charge in [-0.05, 0) is 26.0 Å². The first-order chi connectivity index (χ1) is 8.53. The third-order valence-corrected chi connectivity index (χ3v) is 2.44. The number of hydrogen-bond donors (Lipinski definition) is 1. The largest absolute Gasteiger partial charge is 0.464 e. The van der Waals surface area contributed by atoms with Gasteiger partial charge in [-0.3, -0.25) is 0 Å². The number of rotatable bonds is 6. The lowest BCUT2D eigenvalue weighted by atomic mass is 10.0. The summed E-state index contributed by atoms with van der Waals surface area (Å²) in [5.74, 6) is -0.903. The van der Waals surface area contributed by atoms with Gasteiger partial charge < -0.3 is 14.8 Å². The number of hydrogen-bond acceptors (Lipinski definition) is 4. The van der Waals surface area contributed by atoms with Crippen molar-refractivity contribution < 1.29 is 18.7 Å². The Kier molecular flexibility index (Phi) is 5.09. The second-order valence-electron chi connectivity index (χ2n) is 4.09. The molecular formula is C13H18FNO3. The summed E-state index contributed by atoms with van der Waals surface area (Å²) in [4.78, 5) is 11.9. The zero-order chi connectivity index (χ0) is 13.6. The first-order valence-electron chi connectivity index (χ1n) is 5.72. The number of nitrogens with one attached hydrogen (secondary N) is 1. The van der Waals surface area contributed by atoms with Crippen molar-refractivity contribution >= 4 is 11.7 Å². The summed E-state index contributed by atoms with van der Waals surface area (Å²) >= 11 is 0. The van der Waals surface area contributed by atoms with Gasteiger partial charge in [0.2, 0.25) is 0 Å². The van der Waals surface area contributed by atoms with Crippen LogP contribution in [0.15, 0.2) is 24.3 Å². The SMILES string of the molecule is CCOC(=O)C(C)(COC)Nc1ccccc1F. The van der Waals surface area contributed by atoms with Crippen LogP contribution in [0.25, 0.3) is 0 Å². The van der Waals surface area contributed by atoms with E-state index in [1.165, 1.54) is 13.2 Å². The minimum Gasteiger partial charge on any atom is -0.464 e. The standard InChI is InChI=1S/C13H18FNO3/c1-4-18-12(16)13(2,9-17-3)15-11-8-6-5-7-10(11)14/h5-8,15H,4,9H2,1-3H3. The zero-order valence-electron chi connectivity index (χ0n) is 10.8. The maximum atomic E-state index is 13.6. The third-order valence-electron chi connectivity index (χ3n) is 2.44. The summed E-state index contributed by atoms with van der Waals surface area (Å²) < 4.78 is 23.5. The van der Waals surface area contributed by atoms with Crippen LogP contribution in [0.4, 0.5) is 10.1 Å². The Morgan fingerprint density at radius 3 is 2.67 bits per heavy atom. The molecule has 1 atom stereocenters. The fraction of sp³-hybridized carbons (Fsp3) is 0.462. The minimum absolute atomic E-state index is 0.0835. The molecule has 100 valence electrons. The van der Waals surface area contributed by atoms with E-state index >= 15 is 0 Å². The molecule has 0 amide bonds. The van der Waals surface area contributed by atoms with Crippen molar-refractivity contribution in [2.45, 2.75) is 19.4 Å². The van der Waals surface area contributed by atoms with Crippen molar-refractivity contribution in [1.29, 1.82) is 0 Å². The Balaban J connectivity index is 2.92. The zero-order valence-corrected chi connectivity index (χ0v) is 10.8. The highest BCUT2D eigenvalue weighted by Gasteiger charge is 2.35. The summed E-state index contributed by atoms with van der Waals surface area (Å²) in [6.07, 6.45) is 0.